The van der Waals surface area contributed by atoms with Gasteiger partial charge in [0, 0.05) is 72.9 Å². The summed E-state index contributed by atoms with van der Waals surface area (Å²) in [6, 6.07) is 116. The van der Waals surface area contributed by atoms with E-state index in [2.05, 4.69) is 350 Å². The van der Waals surface area contributed by atoms with Crippen molar-refractivity contribution >= 4 is 148 Å². The van der Waals surface area contributed by atoms with Gasteiger partial charge in [-0.2, -0.15) is 0 Å². The van der Waals surface area contributed by atoms with Gasteiger partial charge in [0.2, 0.25) is 0 Å². The van der Waals surface area contributed by atoms with E-state index in [9.17, 15) is 0 Å². The number of halogens is 2. The fourth-order valence-electron chi connectivity index (χ4n) is 14.4. The first-order valence-corrected chi connectivity index (χ1v) is 34.2. The molecular formula is C90H67B2BrIN2O4. The van der Waals surface area contributed by atoms with Crippen LogP contribution in [0.3, 0.4) is 0 Å². The number of hydrogen-bond acceptors (Lipinski definition) is 4. The number of fused-ring (bicyclic) bond motifs is 12. The third-order valence-corrected chi connectivity index (χ3v) is 20.5. The second kappa shape index (κ2) is 27.0. The van der Waals surface area contributed by atoms with Crippen LogP contribution in [0.5, 0.6) is 0 Å². The fraction of sp³-hybridized carbons (Fsp3) is 0.0667. The topological polar surface area (TPSA) is 54.6 Å². The summed E-state index contributed by atoms with van der Waals surface area (Å²) in [6.45, 7) is 8.35. The van der Waals surface area contributed by atoms with E-state index in [0.717, 1.165) is 65.2 Å². The zero-order chi connectivity index (χ0) is 66.1. The maximum absolute atomic E-state index is 6.27. The van der Waals surface area contributed by atoms with Gasteiger partial charge in [0.15, 0.2) is 0 Å². The van der Waals surface area contributed by atoms with Crippen molar-refractivity contribution in [2.45, 2.75) is 38.9 Å². The molecule has 10 heteroatoms. The molecule has 3 radical (unpaired) electrons. The first-order valence-electron chi connectivity index (χ1n) is 33.4. The molecular weight excluding hydrogens is 1400 g/mol. The Balaban J connectivity index is 0.000000127. The van der Waals surface area contributed by atoms with Crippen LogP contribution in [0.4, 0.5) is 0 Å². The third kappa shape index (κ3) is 11.7. The molecule has 5 heterocycles. The van der Waals surface area contributed by atoms with Gasteiger partial charge < -0.3 is 27.3 Å². The number of aromatic nitrogens is 2. The predicted octanol–water partition coefficient (Wildman–Crippen LogP) is 24.7. The van der Waals surface area contributed by atoms with Crippen LogP contribution in [-0.4, -0.2) is 35.9 Å². The van der Waals surface area contributed by atoms with Crippen LogP contribution in [0.2, 0.25) is 0 Å². The van der Waals surface area contributed by atoms with Crippen molar-refractivity contribution in [3.63, 3.8) is 0 Å². The Bertz CT molecular complexity index is 5950. The molecule has 0 aliphatic carbocycles. The van der Waals surface area contributed by atoms with Crippen LogP contribution in [-0.2, 0) is 9.31 Å². The summed E-state index contributed by atoms with van der Waals surface area (Å²) < 4.78 is 30.5. The molecule has 0 saturated carbocycles. The van der Waals surface area contributed by atoms with Crippen LogP contribution >= 0.6 is 39.9 Å². The Hall–Kier alpha value is -10.5. The average molecular weight is 1470 g/mol. The molecule has 0 N–H and O–H groups in total. The molecule has 100 heavy (non-hydrogen) atoms. The summed E-state index contributed by atoms with van der Waals surface area (Å²) in [5.41, 5.74) is 23.0. The average Bonchev–Trinajstić information content (AvgIpc) is 1.54. The van der Waals surface area contributed by atoms with E-state index in [0.29, 0.717) is 0 Å². The van der Waals surface area contributed by atoms with Crippen molar-refractivity contribution in [1.82, 2.24) is 9.13 Å². The lowest BCUT2D eigenvalue weighted by molar-refractivity contribution is 0.00578. The summed E-state index contributed by atoms with van der Waals surface area (Å²) >= 11 is 3.76. The maximum atomic E-state index is 6.27. The lowest BCUT2D eigenvalue weighted by atomic mass is 9.79. The lowest BCUT2D eigenvalue weighted by Gasteiger charge is -2.32. The van der Waals surface area contributed by atoms with Crippen LogP contribution in [0.15, 0.2) is 341 Å². The van der Waals surface area contributed by atoms with Gasteiger partial charge in [0.1, 0.15) is 22.3 Å². The zero-order valence-corrected chi connectivity index (χ0v) is 59.6. The summed E-state index contributed by atoms with van der Waals surface area (Å²) in [6.07, 6.45) is 0. The number of para-hydroxylation sites is 6. The summed E-state index contributed by atoms with van der Waals surface area (Å²) in [5, 5.41) is 9.62. The Morgan fingerprint density at radius 3 is 1.12 bits per heavy atom. The molecule has 1 aliphatic heterocycles. The number of rotatable bonds is 8. The van der Waals surface area contributed by atoms with E-state index in [1.807, 2.05) is 30.3 Å². The monoisotopic (exact) mass is 1470 g/mol. The molecule has 1 saturated heterocycles. The number of benzene rings is 14. The van der Waals surface area contributed by atoms with Crippen molar-refractivity contribution in [2.75, 3.05) is 0 Å². The van der Waals surface area contributed by atoms with Gasteiger partial charge in [-0.3, -0.25) is 0 Å². The van der Waals surface area contributed by atoms with Crippen molar-refractivity contribution in [1.29, 1.82) is 0 Å². The molecule has 0 unspecified atom stereocenters. The molecule has 0 atom stereocenters. The van der Waals surface area contributed by atoms with E-state index in [1.54, 1.807) is 0 Å². The van der Waals surface area contributed by atoms with Crippen LogP contribution in [0.1, 0.15) is 27.7 Å². The van der Waals surface area contributed by atoms with Gasteiger partial charge in [-0.25, -0.2) is 0 Å². The maximum Gasteiger partial charge on any atom is 0.494 e. The highest BCUT2D eigenvalue weighted by Gasteiger charge is 2.51. The molecule has 6 nitrogen and oxygen atoms in total. The quantitative estimate of drug-likeness (QED) is 0.112. The summed E-state index contributed by atoms with van der Waals surface area (Å²) in [5.74, 6) is 0. The molecule has 1 aliphatic rings. The highest BCUT2D eigenvalue weighted by atomic mass is 127. The van der Waals surface area contributed by atoms with Crippen molar-refractivity contribution in [3.05, 3.63) is 332 Å². The molecule has 0 spiro atoms. The minimum absolute atomic E-state index is 0. The molecule has 14 aromatic carbocycles. The number of nitrogens with zero attached hydrogens (tertiary/aromatic N) is 2. The number of furan rings is 2. The van der Waals surface area contributed by atoms with Gasteiger partial charge in [-0.15, -0.1) is 24.0 Å². The van der Waals surface area contributed by atoms with Crippen molar-refractivity contribution in [3.8, 4) is 67.0 Å². The Kier molecular flexibility index (Phi) is 17.7. The van der Waals surface area contributed by atoms with Crippen LogP contribution in [0, 0.1) is 0 Å². The van der Waals surface area contributed by atoms with E-state index in [1.165, 1.54) is 99.2 Å². The van der Waals surface area contributed by atoms with Gasteiger partial charge in [0.25, 0.3) is 0 Å². The van der Waals surface area contributed by atoms with Crippen molar-refractivity contribution < 1.29 is 18.1 Å². The fourth-order valence-corrected chi connectivity index (χ4v) is 15.0. The largest absolute Gasteiger partial charge is 0.494 e. The van der Waals surface area contributed by atoms with E-state index < -0.39 is 0 Å². The number of hydrogen-bond donors (Lipinski definition) is 0. The smallest absolute Gasteiger partial charge is 0.456 e. The van der Waals surface area contributed by atoms with Crippen molar-refractivity contribution in [2.24, 2.45) is 0 Å². The highest BCUT2D eigenvalue weighted by Crippen LogP contribution is 2.45. The van der Waals surface area contributed by atoms with Gasteiger partial charge in [0.05, 0.1) is 33.3 Å². The second-order valence-electron chi connectivity index (χ2n) is 26.2. The van der Waals surface area contributed by atoms with E-state index in [-0.39, 0.29) is 50.7 Å². The molecule has 481 valence electrons. The van der Waals surface area contributed by atoms with E-state index in [4.69, 9.17) is 18.1 Å². The Morgan fingerprint density at radius 2 is 0.640 bits per heavy atom. The van der Waals surface area contributed by atoms with Crippen LogP contribution in [0.25, 0.3) is 154 Å². The lowest BCUT2D eigenvalue weighted by Crippen LogP contribution is -2.41. The first-order chi connectivity index (χ1) is 48.0. The standard InChI is InChI=1S/C42H27NO.C24H24BNO2.C24H15BrO.B.HI/c1-2-12-28(13-3-1)32-19-11-20-33(42(32)30-24-25-41-37(27-30)36-18-6-9-23-40(36)44-41)29-14-10-15-31(26-29)43-38-21-7-4-16-34(38)35-17-5-8-22-39(35)43;1-23(2)24(3,4)28-25(27-23)17-10-9-11-18(16-17)26-21-14-7-5-12-19(21)20-13-6-8-15-22(20)26;25-21-11-6-10-18(16-7-2-1-3-8-16)24(21)17-13-14-23-20(15-17)19-9-4-5-12-22(19)26-23;;/h1-27H;5-16H,1-4H3;1-15H;;1H. The SMILES string of the molecule is Brc1cccc(-c2ccccc2)c1-c1ccc2oc3ccccc3c2c1.CC1(C)OB(c2cccc(-n3c4ccccc4c4ccccc43)c2)OC1(C)C.I.[B].c1ccc(-c2cccc(-c3cccc(-n4c5ccccc5c5ccccc54)c3)c2-c2ccc3oc4ccccc4c3c2)cc1. The minimum Gasteiger partial charge on any atom is -0.456 e. The molecule has 19 rings (SSSR count). The zero-order valence-electron chi connectivity index (χ0n) is 55.6. The predicted molar refractivity (Wildman–Crippen MR) is 434 cm³/mol. The normalized spacial score (nSPS) is 13.2. The van der Waals surface area contributed by atoms with E-state index >= 15 is 0 Å². The molecule has 0 amide bonds. The minimum atomic E-state index is -0.363. The first kappa shape index (κ1) is 65.5. The summed E-state index contributed by atoms with van der Waals surface area (Å²) in [4.78, 5) is 0. The second-order valence-corrected chi connectivity index (χ2v) is 27.1. The van der Waals surface area contributed by atoms with Gasteiger partial charge >= 0.3 is 7.12 Å². The molecule has 1 fully saturated rings. The summed E-state index contributed by atoms with van der Waals surface area (Å²) in [7, 11) is -0.363. The van der Waals surface area contributed by atoms with Gasteiger partial charge in [-0.05, 0) is 174 Å². The Morgan fingerprint density at radius 1 is 0.290 bits per heavy atom. The van der Waals surface area contributed by atoms with Gasteiger partial charge in [-0.1, -0.05) is 253 Å². The third-order valence-electron chi connectivity index (χ3n) is 19.8. The van der Waals surface area contributed by atoms with Crippen LogP contribution < -0.4 is 5.46 Å². The molecule has 4 aromatic heterocycles. The molecule has 18 aromatic rings. The Labute approximate surface area is 608 Å². The molecule has 0 bridgehead atoms. The highest BCUT2D eigenvalue weighted by molar-refractivity contribution is 14.0.